The van der Waals surface area contributed by atoms with Gasteiger partial charge in [0.05, 0.1) is 16.7 Å². The predicted molar refractivity (Wildman–Crippen MR) is 110 cm³/mol. The van der Waals surface area contributed by atoms with Gasteiger partial charge in [-0.25, -0.2) is 22.8 Å². The normalized spacial score (nSPS) is 12.7. The first kappa shape index (κ1) is 20.0. The number of hydrogen-bond acceptors (Lipinski definition) is 6. The van der Waals surface area contributed by atoms with Crippen LogP contribution in [0.3, 0.4) is 0 Å². The molecule has 2 aromatic heterocycles. The molecule has 0 spiro atoms. The standard InChI is InChI=1S/C21H20N4O4S/c1-15-24-20(14-29-15)16-5-9-19(10-6-16)30(27,28)23-13-21(26)17-3-7-18(8-4-17)25-12-2-11-22-25/h2-12,14,21,23,26H,13H2,1H3. The van der Waals surface area contributed by atoms with Crippen molar-refractivity contribution in [2.24, 2.45) is 0 Å². The number of benzene rings is 2. The number of aryl methyl sites for hydroxylation is 1. The van der Waals surface area contributed by atoms with E-state index in [1.807, 2.05) is 24.4 Å². The van der Waals surface area contributed by atoms with E-state index in [0.717, 1.165) is 11.3 Å². The van der Waals surface area contributed by atoms with Gasteiger partial charge in [-0.2, -0.15) is 5.10 Å². The van der Waals surface area contributed by atoms with Crippen molar-refractivity contribution in [1.82, 2.24) is 19.5 Å². The Balaban J connectivity index is 1.41. The van der Waals surface area contributed by atoms with Crippen molar-refractivity contribution in [2.45, 2.75) is 17.9 Å². The Morgan fingerprint density at radius 3 is 2.47 bits per heavy atom. The number of nitrogens with one attached hydrogen (secondary N) is 1. The molecule has 0 saturated carbocycles. The minimum atomic E-state index is -3.77. The van der Waals surface area contributed by atoms with Crippen LogP contribution >= 0.6 is 0 Å². The summed E-state index contributed by atoms with van der Waals surface area (Å²) >= 11 is 0. The lowest BCUT2D eigenvalue weighted by Gasteiger charge is -2.13. The molecule has 0 amide bonds. The van der Waals surface area contributed by atoms with E-state index < -0.39 is 16.1 Å². The highest BCUT2D eigenvalue weighted by Crippen LogP contribution is 2.21. The molecule has 154 valence electrons. The highest BCUT2D eigenvalue weighted by molar-refractivity contribution is 7.89. The SMILES string of the molecule is Cc1nc(-c2ccc(S(=O)(=O)NCC(O)c3ccc(-n4cccn4)cc3)cc2)co1. The number of rotatable bonds is 7. The molecule has 4 rings (SSSR count). The third kappa shape index (κ3) is 4.33. The van der Waals surface area contributed by atoms with Crippen molar-refractivity contribution in [3.05, 3.63) is 84.7 Å². The number of aliphatic hydroxyl groups is 1. The highest BCUT2D eigenvalue weighted by Gasteiger charge is 2.17. The summed E-state index contributed by atoms with van der Waals surface area (Å²) in [6.45, 7) is 1.59. The Bertz CT molecular complexity index is 1220. The van der Waals surface area contributed by atoms with E-state index in [1.54, 1.807) is 42.1 Å². The maximum atomic E-state index is 12.6. The second-order valence-electron chi connectivity index (χ2n) is 6.69. The molecule has 0 bridgehead atoms. The molecule has 0 fully saturated rings. The zero-order valence-corrected chi connectivity index (χ0v) is 17.0. The van der Waals surface area contributed by atoms with Gasteiger partial charge < -0.3 is 9.52 Å². The molecule has 1 unspecified atom stereocenters. The summed E-state index contributed by atoms with van der Waals surface area (Å²) in [7, 11) is -3.77. The number of aliphatic hydroxyl groups excluding tert-OH is 1. The Hall–Kier alpha value is -3.27. The summed E-state index contributed by atoms with van der Waals surface area (Å²) in [4.78, 5) is 4.32. The van der Waals surface area contributed by atoms with Crippen LogP contribution in [0.5, 0.6) is 0 Å². The quantitative estimate of drug-likeness (QED) is 0.472. The molecule has 0 aliphatic carbocycles. The van der Waals surface area contributed by atoms with E-state index in [4.69, 9.17) is 4.42 Å². The largest absolute Gasteiger partial charge is 0.449 e. The second-order valence-corrected chi connectivity index (χ2v) is 8.45. The van der Waals surface area contributed by atoms with E-state index in [1.165, 1.54) is 18.4 Å². The predicted octanol–water partition coefficient (Wildman–Crippen LogP) is 2.85. The lowest BCUT2D eigenvalue weighted by molar-refractivity contribution is 0.182. The molecule has 9 heteroatoms. The number of sulfonamides is 1. The topological polar surface area (TPSA) is 110 Å². The summed E-state index contributed by atoms with van der Waals surface area (Å²) in [5.74, 6) is 0.537. The van der Waals surface area contributed by atoms with E-state index in [2.05, 4.69) is 14.8 Å². The van der Waals surface area contributed by atoms with Crippen molar-refractivity contribution < 1.29 is 17.9 Å². The van der Waals surface area contributed by atoms with Gasteiger partial charge in [-0.15, -0.1) is 0 Å². The lowest BCUT2D eigenvalue weighted by atomic mass is 10.1. The van der Waals surface area contributed by atoms with E-state index in [-0.39, 0.29) is 11.4 Å². The average molecular weight is 424 g/mol. The Morgan fingerprint density at radius 2 is 1.87 bits per heavy atom. The van der Waals surface area contributed by atoms with E-state index in [0.29, 0.717) is 17.1 Å². The molecular weight excluding hydrogens is 404 g/mol. The molecule has 0 saturated heterocycles. The highest BCUT2D eigenvalue weighted by atomic mass is 32.2. The van der Waals surface area contributed by atoms with Gasteiger partial charge in [-0.3, -0.25) is 0 Å². The summed E-state index contributed by atoms with van der Waals surface area (Å²) in [6, 6.07) is 15.2. The summed E-state index contributed by atoms with van der Waals surface area (Å²) in [5.41, 5.74) is 2.84. The van der Waals surface area contributed by atoms with Crippen molar-refractivity contribution in [3.63, 3.8) is 0 Å². The summed E-state index contributed by atoms with van der Waals surface area (Å²) in [6.07, 6.45) is 4.03. The van der Waals surface area contributed by atoms with Gasteiger partial charge in [-0.1, -0.05) is 24.3 Å². The van der Waals surface area contributed by atoms with E-state index in [9.17, 15) is 13.5 Å². The van der Waals surface area contributed by atoms with Crippen LogP contribution in [-0.2, 0) is 10.0 Å². The Kier molecular flexibility index (Phi) is 5.49. The average Bonchev–Trinajstić information content (AvgIpc) is 3.44. The van der Waals surface area contributed by atoms with Crippen molar-refractivity contribution in [3.8, 4) is 16.9 Å². The zero-order chi connectivity index (χ0) is 21.1. The van der Waals surface area contributed by atoms with Crippen LogP contribution < -0.4 is 4.72 Å². The molecular formula is C21H20N4O4S. The fourth-order valence-corrected chi connectivity index (χ4v) is 4.00. The minimum absolute atomic E-state index is 0.104. The smallest absolute Gasteiger partial charge is 0.240 e. The molecule has 4 aromatic rings. The molecule has 0 aliphatic heterocycles. The van der Waals surface area contributed by atoms with Crippen LogP contribution in [0.15, 0.2) is 82.6 Å². The van der Waals surface area contributed by atoms with Gasteiger partial charge in [0.15, 0.2) is 5.89 Å². The van der Waals surface area contributed by atoms with Gasteiger partial charge in [0.25, 0.3) is 0 Å². The van der Waals surface area contributed by atoms with Crippen LogP contribution in [0.1, 0.15) is 17.6 Å². The van der Waals surface area contributed by atoms with Crippen LogP contribution in [0.2, 0.25) is 0 Å². The minimum Gasteiger partial charge on any atom is -0.449 e. The maximum absolute atomic E-state index is 12.6. The molecule has 8 nitrogen and oxygen atoms in total. The monoisotopic (exact) mass is 424 g/mol. The lowest BCUT2D eigenvalue weighted by Crippen LogP contribution is -2.28. The zero-order valence-electron chi connectivity index (χ0n) is 16.1. The third-order valence-electron chi connectivity index (χ3n) is 4.59. The molecule has 1 atom stereocenters. The maximum Gasteiger partial charge on any atom is 0.240 e. The van der Waals surface area contributed by atoms with Crippen LogP contribution in [0.25, 0.3) is 16.9 Å². The van der Waals surface area contributed by atoms with Crippen LogP contribution in [0.4, 0.5) is 0 Å². The molecule has 30 heavy (non-hydrogen) atoms. The van der Waals surface area contributed by atoms with Crippen molar-refractivity contribution in [1.29, 1.82) is 0 Å². The fourth-order valence-electron chi connectivity index (χ4n) is 2.96. The first-order valence-electron chi connectivity index (χ1n) is 9.23. The first-order valence-corrected chi connectivity index (χ1v) is 10.7. The van der Waals surface area contributed by atoms with Gasteiger partial charge in [-0.05, 0) is 35.9 Å². The Labute approximate surface area is 173 Å². The molecule has 0 aliphatic rings. The first-order chi connectivity index (χ1) is 14.4. The summed E-state index contributed by atoms with van der Waals surface area (Å²) in [5, 5.41) is 14.5. The number of oxazole rings is 1. The van der Waals surface area contributed by atoms with Crippen LogP contribution in [0, 0.1) is 6.92 Å². The van der Waals surface area contributed by atoms with Crippen molar-refractivity contribution >= 4 is 10.0 Å². The van der Waals surface area contributed by atoms with Crippen molar-refractivity contribution in [2.75, 3.05) is 6.54 Å². The van der Waals surface area contributed by atoms with Gasteiger partial charge in [0.1, 0.15) is 12.0 Å². The van der Waals surface area contributed by atoms with Crippen LogP contribution in [-0.4, -0.2) is 34.8 Å². The van der Waals surface area contributed by atoms with Gasteiger partial charge in [0.2, 0.25) is 10.0 Å². The number of nitrogens with zero attached hydrogens (tertiary/aromatic N) is 3. The van der Waals surface area contributed by atoms with E-state index >= 15 is 0 Å². The number of hydrogen-bond donors (Lipinski definition) is 2. The third-order valence-corrected chi connectivity index (χ3v) is 6.03. The summed E-state index contributed by atoms with van der Waals surface area (Å²) < 4.78 is 34.4. The fraction of sp³-hybridized carbons (Fsp3) is 0.143. The second kappa shape index (κ2) is 8.23. The van der Waals surface area contributed by atoms with Gasteiger partial charge in [0, 0.05) is 31.4 Å². The molecule has 2 N–H and O–H groups in total. The molecule has 0 radical (unpaired) electrons. The molecule has 2 aromatic carbocycles. The Morgan fingerprint density at radius 1 is 1.13 bits per heavy atom. The molecule has 2 heterocycles. The van der Waals surface area contributed by atoms with Gasteiger partial charge >= 0.3 is 0 Å². The number of aromatic nitrogens is 3.